The lowest BCUT2D eigenvalue weighted by Crippen LogP contribution is -2.32. The molecule has 1 fully saturated rings. The van der Waals surface area contributed by atoms with Crippen molar-refractivity contribution in [3.8, 4) is 0 Å². The van der Waals surface area contributed by atoms with Gasteiger partial charge >= 0.3 is 5.97 Å². The van der Waals surface area contributed by atoms with Crippen LogP contribution in [0.4, 0.5) is 0 Å². The summed E-state index contributed by atoms with van der Waals surface area (Å²) >= 11 is 0. The molecule has 18 heavy (non-hydrogen) atoms. The van der Waals surface area contributed by atoms with Crippen molar-refractivity contribution in [1.82, 2.24) is 4.57 Å². The van der Waals surface area contributed by atoms with Crippen LogP contribution >= 0.6 is 0 Å². The highest BCUT2D eigenvalue weighted by molar-refractivity contribution is 5.87. The molecule has 0 unspecified atom stereocenters. The quantitative estimate of drug-likeness (QED) is 0.878. The molecule has 0 radical (unpaired) electrons. The molecule has 1 aromatic heterocycles. The Hall–Kier alpha value is -1.62. The Labute approximate surface area is 105 Å². The van der Waals surface area contributed by atoms with Crippen LogP contribution in [0.25, 0.3) is 0 Å². The van der Waals surface area contributed by atoms with Crippen molar-refractivity contribution >= 4 is 5.97 Å². The fourth-order valence-corrected chi connectivity index (χ4v) is 2.25. The molecule has 98 valence electrons. The van der Waals surface area contributed by atoms with Crippen LogP contribution in [0.15, 0.2) is 16.9 Å². The molecule has 1 aromatic rings. The van der Waals surface area contributed by atoms with E-state index in [1.54, 1.807) is 10.6 Å². The number of aromatic carboxylic acids is 1. The number of hydrogen-bond acceptors (Lipinski definition) is 3. The smallest absolute Gasteiger partial charge is 0.341 e. The molecule has 1 N–H and O–H groups in total. The Balaban J connectivity index is 2.28. The van der Waals surface area contributed by atoms with Gasteiger partial charge in [-0.15, -0.1) is 0 Å². The summed E-state index contributed by atoms with van der Waals surface area (Å²) in [7, 11) is 0. The van der Waals surface area contributed by atoms with E-state index in [9.17, 15) is 9.59 Å². The summed E-state index contributed by atoms with van der Waals surface area (Å²) < 4.78 is 6.85. The number of rotatable bonds is 3. The van der Waals surface area contributed by atoms with Gasteiger partial charge in [0.1, 0.15) is 5.56 Å². The number of aromatic nitrogens is 1. The normalized spacial score (nSPS) is 16.7. The third kappa shape index (κ3) is 2.61. The second kappa shape index (κ2) is 5.35. The molecule has 0 aromatic carbocycles. The SMILES string of the molecule is Cc1ccc(C(=O)O)c(=O)n1CC1CCOCC1. The van der Waals surface area contributed by atoms with Crippen LogP contribution in [0.1, 0.15) is 28.9 Å². The number of carbonyl (C=O) groups is 1. The van der Waals surface area contributed by atoms with Gasteiger partial charge in [0, 0.05) is 25.5 Å². The van der Waals surface area contributed by atoms with Gasteiger partial charge in [-0.3, -0.25) is 4.79 Å². The standard InChI is InChI=1S/C13H17NO4/c1-9-2-3-11(13(16)17)12(15)14(9)8-10-4-6-18-7-5-10/h2-3,10H,4-8H2,1H3,(H,16,17). The molecular weight excluding hydrogens is 234 g/mol. The zero-order valence-electron chi connectivity index (χ0n) is 10.4. The molecule has 1 aliphatic heterocycles. The zero-order valence-corrected chi connectivity index (χ0v) is 10.4. The van der Waals surface area contributed by atoms with Crippen LogP contribution in [0.2, 0.25) is 0 Å². The topological polar surface area (TPSA) is 68.5 Å². The van der Waals surface area contributed by atoms with Gasteiger partial charge < -0.3 is 14.4 Å². The number of carboxylic acids is 1. The average molecular weight is 251 g/mol. The van der Waals surface area contributed by atoms with Crippen LogP contribution in [-0.4, -0.2) is 28.9 Å². The van der Waals surface area contributed by atoms with E-state index in [1.807, 2.05) is 6.92 Å². The first-order chi connectivity index (χ1) is 8.59. The predicted octanol–water partition coefficient (Wildman–Crippen LogP) is 1.28. The molecule has 0 aliphatic carbocycles. The molecule has 5 nitrogen and oxygen atoms in total. The number of hydrogen-bond donors (Lipinski definition) is 1. The summed E-state index contributed by atoms with van der Waals surface area (Å²) in [6.45, 7) is 3.84. The van der Waals surface area contributed by atoms with Crippen LogP contribution in [0, 0.1) is 12.8 Å². The van der Waals surface area contributed by atoms with E-state index >= 15 is 0 Å². The Bertz CT molecular complexity index is 500. The van der Waals surface area contributed by atoms with Gasteiger partial charge in [0.25, 0.3) is 5.56 Å². The van der Waals surface area contributed by atoms with Crippen LogP contribution in [-0.2, 0) is 11.3 Å². The van der Waals surface area contributed by atoms with Crippen molar-refractivity contribution in [2.24, 2.45) is 5.92 Å². The lowest BCUT2D eigenvalue weighted by Gasteiger charge is -2.23. The predicted molar refractivity (Wildman–Crippen MR) is 65.9 cm³/mol. The van der Waals surface area contributed by atoms with Crippen molar-refractivity contribution in [2.75, 3.05) is 13.2 Å². The van der Waals surface area contributed by atoms with Crippen molar-refractivity contribution < 1.29 is 14.6 Å². The van der Waals surface area contributed by atoms with E-state index in [0.29, 0.717) is 12.5 Å². The highest BCUT2D eigenvalue weighted by atomic mass is 16.5. The van der Waals surface area contributed by atoms with Gasteiger partial charge in [-0.1, -0.05) is 0 Å². The molecule has 0 saturated carbocycles. The molecule has 1 saturated heterocycles. The highest BCUT2D eigenvalue weighted by Gasteiger charge is 2.18. The van der Waals surface area contributed by atoms with E-state index in [2.05, 4.69) is 0 Å². The van der Waals surface area contributed by atoms with Crippen molar-refractivity contribution in [2.45, 2.75) is 26.3 Å². The maximum Gasteiger partial charge on any atom is 0.341 e. The molecule has 0 amide bonds. The summed E-state index contributed by atoms with van der Waals surface area (Å²) in [5, 5.41) is 8.95. The maximum absolute atomic E-state index is 12.1. The lowest BCUT2D eigenvalue weighted by atomic mass is 10.00. The molecule has 1 aliphatic rings. The minimum atomic E-state index is -1.17. The van der Waals surface area contributed by atoms with Gasteiger partial charge in [0.2, 0.25) is 0 Å². The van der Waals surface area contributed by atoms with Crippen LogP contribution in [0.3, 0.4) is 0 Å². The summed E-state index contributed by atoms with van der Waals surface area (Å²) in [6.07, 6.45) is 1.84. The third-order valence-corrected chi connectivity index (χ3v) is 3.40. The van der Waals surface area contributed by atoms with Gasteiger partial charge in [0.05, 0.1) is 0 Å². The number of nitrogens with zero attached hydrogens (tertiary/aromatic N) is 1. The molecule has 2 rings (SSSR count). The minimum Gasteiger partial charge on any atom is -0.477 e. The van der Waals surface area contributed by atoms with Crippen molar-refractivity contribution in [3.63, 3.8) is 0 Å². The number of aryl methyl sites for hydroxylation is 1. The van der Waals surface area contributed by atoms with E-state index in [0.717, 1.165) is 31.7 Å². The summed E-state index contributed by atoms with van der Waals surface area (Å²) in [6, 6.07) is 3.06. The molecule has 2 heterocycles. The van der Waals surface area contributed by atoms with Crippen LogP contribution in [0.5, 0.6) is 0 Å². The van der Waals surface area contributed by atoms with Gasteiger partial charge in [-0.25, -0.2) is 4.79 Å². The largest absolute Gasteiger partial charge is 0.477 e. The molecular formula is C13H17NO4. The Morgan fingerprint density at radius 2 is 2.11 bits per heavy atom. The van der Waals surface area contributed by atoms with E-state index in [4.69, 9.17) is 9.84 Å². The summed E-state index contributed by atoms with van der Waals surface area (Å²) in [5.74, 6) is -0.778. The Morgan fingerprint density at radius 1 is 1.44 bits per heavy atom. The highest BCUT2D eigenvalue weighted by Crippen LogP contribution is 2.17. The zero-order chi connectivity index (χ0) is 13.1. The van der Waals surface area contributed by atoms with Gasteiger partial charge in [-0.2, -0.15) is 0 Å². The first-order valence-electron chi connectivity index (χ1n) is 6.11. The van der Waals surface area contributed by atoms with E-state index in [-0.39, 0.29) is 5.56 Å². The van der Waals surface area contributed by atoms with Crippen molar-refractivity contribution in [1.29, 1.82) is 0 Å². The fraction of sp³-hybridized carbons (Fsp3) is 0.538. The van der Waals surface area contributed by atoms with E-state index < -0.39 is 11.5 Å². The fourth-order valence-electron chi connectivity index (χ4n) is 2.25. The monoisotopic (exact) mass is 251 g/mol. The second-order valence-corrected chi connectivity index (χ2v) is 4.67. The van der Waals surface area contributed by atoms with Gasteiger partial charge in [-0.05, 0) is 37.8 Å². The number of ether oxygens (including phenoxy) is 1. The molecule has 0 bridgehead atoms. The second-order valence-electron chi connectivity index (χ2n) is 4.67. The Morgan fingerprint density at radius 3 is 2.72 bits per heavy atom. The van der Waals surface area contributed by atoms with Crippen LogP contribution < -0.4 is 5.56 Å². The van der Waals surface area contributed by atoms with E-state index in [1.165, 1.54) is 6.07 Å². The maximum atomic E-state index is 12.1. The number of carboxylic acid groups (broad SMARTS) is 1. The molecule has 0 atom stereocenters. The lowest BCUT2D eigenvalue weighted by molar-refractivity contribution is 0.0603. The third-order valence-electron chi connectivity index (χ3n) is 3.40. The average Bonchev–Trinajstić information content (AvgIpc) is 2.35. The summed E-state index contributed by atoms with van der Waals surface area (Å²) in [5.41, 5.74) is 0.234. The first-order valence-corrected chi connectivity index (χ1v) is 6.11. The summed E-state index contributed by atoms with van der Waals surface area (Å²) in [4.78, 5) is 23.0. The first kappa shape index (κ1) is 12.8. The van der Waals surface area contributed by atoms with Crippen molar-refractivity contribution in [3.05, 3.63) is 33.7 Å². The molecule has 5 heteroatoms. The number of pyridine rings is 1. The Kier molecular flexibility index (Phi) is 3.81. The minimum absolute atomic E-state index is 0.160. The molecule has 0 spiro atoms. The van der Waals surface area contributed by atoms with Gasteiger partial charge in [0.15, 0.2) is 0 Å².